The standard InChI is InChI=1S/C31H34N6O4.ClH/c1-5-24(21-12-13-23-26(17-21)35(4)29(40)31(2,3)28(39)33-23)36(16-14-20-9-8-15-32-18-20)27(38)19-37-25-11-7-6-10-22(25)34-30(37)41;/h6-13,15,17-18,24H,5,14,16,19H2,1-4H3,(H,33,39)(H,34,41);1H. The first-order valence-corrected chi connectivity index (χ1v) is 13.7. The van der Waals surface area contributed by atoms with Crippen molar-refractivity contribution in [3.63, 3.8) is 0 Å². The summed E-state index contributed by atoms with van der Waals surface area (Å²) in [6, 6.07) is 16.3. The largest absolute Gasteiger partial charge is 0.334 e. The number of nitrogens with one attached hydrogen (secondary N) is 2. The fraction of sp³-hybridized carbons (Fsp3) is 0.323. The molecule has 3 heterocycles. The average Bonchev–Trinajstić information content (AvgIpc) is 3.26. The lowest BCUT2D eigenvalue weighted by molar-refractivity contribution is -0.136. The molecule has 4 aromatic rings. The van der Waals surface area contributed by atoms with Crippen molar-refractivity contribution in [2.24, 2.45) is 5.41 Å². The second kappa shape index (κ2) is 12.2. The molecule has 5 rings (SSSR count). The minimum Gasteiger partial charge on any atom is -0.334 e. The van der Waals surface area contributed by atoms with Crippen molar-refractivity contribution in [1.29, 1.82) is 0 Å². The monoisotopic (exact) mass is 590 g/mol. The Morgan fingerprint density at radius 3 is 2.55 bits per heavy atom. The normalized spacial score (nSPS) is 14.9. The van der Waals surface area contributed by atoms with Gasteiger partial charge in [-0.3, -0.25) is 23.9 Å². The number of halogens is 1. The zero-order valence-electron chi connectivity index (χ0n) is 24.1. The molecular weight excluding hydrogens is 556 g/mol. The van der Waals surface area contributed by atoms with Crippen LogP contribution >= 0.6 is 12.4 Å². The molecule has 0 saturated heterocycles. The molecule has 1 aliphatic heterocycles. The van der Waals surface area contributed by atoms with Crippen LogP contribution in [0.3, 0.4) is 0 Å². The third-order valence-corrected chi connectivity index (χ3v) is 7.85. The van der Waals surface area contributed by atoms with Crippen molar-refractivity contribution < 1.29 is 14.4 Å². The number of anilines is 2. The Bertz CT molecular complexity index is 1680. The number of nitrogens with zero attached hydrogens (tertiary/aromatic N) is 4. The molecule has 3 amide bonds. The SMILES string of the molecule is CCC(c1ccc2c(c1)N(C)C(=O)C(C)(C)C(=O)N2)N(CCc1cccnc1)C(=O)Cn1c(=O)[nH]c2ccccc21.Cl. The zero-order valence-corrected chi connectivity index (χ0v) is 24.9. The minimum absolute atomic E-state index is 0. The van der Waals surface area contributed by atoms with E-state index in [0.29, 0.717) is 41.8 Å². The van der Waals surface area contributed by atoms with E-state index in [1.54, 1.807) is 50.3 Å². The molecule has 220 valence electrons. The summed E-state index contributed by atoms with van der Waals surface area (Å²) < 4.78 is 1.46. The molecule has 0 aliphatic carbocycles. The number of para-hydroxylation sites is 2. The highest BCUT2D eigenvalue weighted by atomic mass is 35.5. The molecule has 2 aromatic heterocycles. The van der Waals surface area contributed by atoms with Gasteiger partial charge < -0.3 is 20.1 Å². The van der Waals surface area contributed by atoms with Gasteiger partial charge >= 0.3 is 5.69 Å². The van der Waals surface area contributed by atoms with E-state index in [-0.39, 0.29) is 48.4 Å². The fourth-order valence-corrected chi connectivity index (χ4v) is 5.42. The van der Waals surface area contributed by atoms with Crippen LogP contribution in [0, 0.1) is 5.41 Å². The summed E-state index contributed by atoms with van der Waals surface area (Å²) >= 11 is 0. The maximum atomic E-state index is 14.0. The molecule has 2 aromatic carbocycles. The molecule has 0 bridgehead atoms. The topological polar surface area (TPSA) is 120 Å². The second-order valence-corrected chi connectivity index (χ2v) is 10.9. The molecule has 1 aliphatic rings. The van der Waals surface area contributed by atoms with Crippen molar-refractivity contribution >= 4 is 52.5 Å². The zero-order chi connectivity index (χ0) is 29.3. The number of imidazole rings is 1. The number of carbonyl (C=O) groups is 3. The van der Waals surface area contributed by atoms with E-state index in [0.717, 1.165) is 11.1 Å². The van der Waals surface area contributed by atoms with Crippen molar-refractivity contribution in [1.82, 2.24) is 19.4 Å². The highest BCUT2D eigenvalue weighted by Crippen LogP contribution is 2.37. The smallest absolute Gasteiger partial charge is 0.326 e. The van der Waals surface area contributed by atoms with E-state index in [1.807, 2.05) is 49.4 Å². The summed E-state index contributed by atoms with van der Waals surface area (Å²) in [5, 5.41) is 2.88. The molecule has 42 heavy (non-hydrogen) atoms. The summed E-state index contributed by atoms with van der Waals surface area (Å²) in [5.41, 5.74) is 2.68. The lowest BCUT2D eigenvalue weighted by atomic mass is 9.91. The van der Waals surface area contributed by atoms with Crippen molar-refractivity contribution in [3.8, 4) is 0 Å². The van der Waals surface area contributed by atoms with Gasteiger partial charge in [0, 0.05) is 26.0 Å². The van der Waals surface area contributed by atoms with E-state index in [2.05, 4.69) is 15.3 Å². The molecule has 0 saturated carbocycles. The number of amides is 3. The van der Waals surface area contributed by atoms with Crippen molar-refractivity contribution in [2.75, 3.05) is 23.8 Å². The maximum Gasteiger partial charge on any atom is 0.326 e. The molecule has 1 unspecified atom stereocenters. The molecule has 0 fully saturated rings. The molecule has 1 atom stereocenters. The summed E-state index contributed by atoms with van der Waals surface area (Å²) in [4.78, 5) is 63.0. The number of fused-ring (bicyclic) bond motifs is 2. The van der Waals surface area contributed by atoms with Gasteiger partial charge in [-0.25, -0.2) is 4.79 Å². The van der Waals surface area contributed by atoms with Crippen LogP contribution in [0.15, 0.2) is 71.8 Å². The van der Waals surface area contributed by atoms with E-state index in [4.69, 9.17) is 0 Å². The number of rotatable bonds is 8. The van der Waals surface area contributed by atoms with E-state index >= 15 is 0 Å². The third kappa shape index (κ3) is 5.67. The maximum absolute atomic E-state index is 14.0. The van der Waals surface area contributed by atoms with Crippen LogP contribution in [0.2, 0.25) is 0 Å². The minimum atomic E-state index is -1.23. The van der Waals surface area contributed by atoms with Gasteiger partial charge in [0.15, 0.2) is 0 Å². The van der Waals surface area contributed by atoms with Crippen LogP contribution in [0.5, 0.6) is 0 Å². The summed E-state index contributed by atoms with van der Waals surface area (Å²) in [5.74, 6) is -0.895. The van der Waals surface area contributed by atoms with Crippen LogP contribution in [-0.4, -0.2) is 50.7 Å². The van der Waals surface area contributed by atoms with Crippen molar-refractivity contribution in [2.45, 2.75) is 46.2 Å². The lowest BCUT2D eigenvalue weighted by Gasteiger charge is -2.33. The van der Waals surface area contributed by atoms with Crippen LogP contribution in [0.25, 0.3) is 11.0 Å². The number of H-pyrrole nitrogens is 1. The highest BCUT2D eigenvalue weighted by Gasteiger charge is 2.42. The first-order chi connectivity index (χ1) is 19.6. The number of carbonyl (C=O) groups excluding carboxylic acids is 3. The summed E-state index contributed by atoms with van der Waals surface area (Å²) in [6.07, 6.45) is 4.65. The summed E-state index contributed by atoms with van der Waals surface area (Å²) in [7, 11) is 1.66. The van der Waals surface area contributed by atoms with Crippen LogP contribution in [0.4, 0.5) is 11.4 Å². The van der Waals surface area contributed by atoms with E-state index in [9.17, 15) is 19.2 Å². The van der Waals surface area contributed by atoms with Gasteiger partial charge in [-0.1, -0.05) is 31.2 Å². The third-order valence-electron chi connectivity index (χ3n) is 7.85. The van der Waals surface area contributed by atoms with Gasteiger partial charge in [0.05, 0.1) is 28.5 Å². The van der Waals surface area contributed by atoms with Crippen LogP contribution in [-0.2, 0) is 27.3 Å². The van der Waals surface area contributed by atoms with Crippen LogP contribution in [0.1, 0.15) is 44.4 Å². The Balaban J connectivity index is 0.00000405. The first kappa shape index (κ1) is 30.5. The molecule has 0 radical (unpaired) electrons. The number of hydrogen-bond acceptors (Lipinski definition) is 5. The molecule has 2 N–H and O–H groups in total. The van der Waals surface area contributed by atoms with Gasteiger partial charge in [0.25, 0.3) is 0 Å². The number of hydrogen-bond donors (Lipinski definition) is 2. The van der Waals surface area contributed by atoms with Gasteiger partial charge in [-0.2, -0.15) is 0 Å². The van der Waals surface area contributed by atoms with Crippen molar-refractivity contribution in [3.05, 3.63) is 88.6 Å². The number of aromatic amines is 1. The lowest BCUT2D eigenvalue weighted by Crippen LogP contribution is -2.43. The van der Waals surface area contributed by atoms with Gasteiger partial charge in [-0.05, 0) is 68.1 Å². The second-order valence-electron chi connectivity index (χ2n) is 10.9. The molecule has 0 spiro atoms. The average molecular weight is 591 g/mol. The van der Waals surface area contributed by atoms with Gasteiger partial charge in [0.1, 0.15) is 12.0 Å². The summed E-state index contributed by atoms with van der Waals surface area (Å²) in [6.45, 7) is 5.48. The quantitative estimate of drug-likeness (QED) is 0.296. The Kier molecular flexibility index (Phi) is 8.86. The highest BCUT2D eigenvalue weighted by molar-refractivity contribution is 6.19. The number of benzene rings is 2. The Labute approximate surface area is 250 Å². The predicted octanol–water partition coefficient (Wildman–Crippen LogP) is 4.31. The van der Waals surface area contributed by atoms with E-state index in [1.165, 1.54) is 9.47 Å². The Hall–Kier alpha value is -4.44. The Morgan fingerprint density at radius 2 is 1.83 bits per heavy atom. The first-order valence-electron chi connectivity index (χ1n) is 13.7. The number of pyridine rings is 1. The van der Waals surface area contributed by atoms with Gasteiger partial charge in [0.2, 0.25) is 17.7 Å². The molecular formula is C31H35ClN6O4. The van der Waals surface area contributed by atoms with Crippen LogP contribution < -0.4 is 15.9 Å². The predicted molar refractivity (Wildman–Crippen MR) is 165 cm³/mol. The number of aromatic nitrogens is 3. The Morgan fingerprint density at radius 1 is 1.07 bits per heavy atom. The fourth-order valence-electron chi connectivity index (χ4n) is 5.42. The van der Waals surface area contributed by atoms with E-state index < -0.39 is 5.41 Å². The van der Waals surface area contributed by atoms with Gasteiger partial charge in [-0.15, -0.1) is 12.4 Å². The molecule has 10 nitrogen and oxygen atoms in total. The molecule has 11 heteroatoms.